The van der Waals surface area contributed by atoms with Crippen molar-refractivity contribution in [3.8, 4) is 23.1 Å². The van der Waals surface area contributed by atoms with E-state index < -0.39 is 0 Å². The van der Waals surface area contributed by atoms with E-state index in [2.05, 4.69) is 32.8 Å². The Morgan fingerprint density at radius 2 is 2.06 bits per heavy atom. The van der Waals surface area contributed by atoms with Crippen LogP contribution in [0.3, 0.4) is 0 Å². The molecule has 2 rings (SSSR count). The molecule has 0 fully saturated rings. The predicted octanol–water partition coefficient (Wildman–Crippen LogP) is 2.85. The molecule has 0 bridgehead atoms. The SMILES string of the molecule is O=c1[nH]c(-c2ccc(C#CCBr)cc2)cs1. The van der Waals surface area contributed by atoms with Crippen LogP contribution in [0.25, 0.3) is 11.3 Å². The first kappa shape index (κ1) is 11.2. The minimum absolute atomic E-state index is 0.0295. The zero-order valence-corrected chi connectivity index (χ0v) is 10.7. The number of halogens is 1. The molecule has 0 saturated heterocycles. The van der Waals surface area contributed by atoms with Crippen LogP contribution in [-0.2, 0) is 0 Å². The van der Waals surface area contributed by atoms with Gasteiger partial charge in [-0.05, 0) is 17.7 Å². The number of aromatic nitrogens is 1. The third kappa shape index (κ3) is 2.63. The summed E-state index contributed by atoms with van der Waals surface area (Å²) in [6, 6.07) is 7.80. The minimum atomic E-state index is -0.0295. The van der Waals surface area contributed by atoms with Crippen LogP contribution in [0.1, 0.15) is 5.56 Å². The first-order valence-corrected chi connectivity index (χ1v) is 6.63. The van der Waals surface area contributed by atoms with Gasteiger partial charge in [-0.15, -0.1) is 0 Å². The first-order chi connectivity index (χ1) is 7.79. The lowest BCUT2D eigenvalue weighted by Gasteiger charge is -1.96. The van der Waals surface area contributed by atoms with Crippen molar-refractivity contribution in [2.24, 2.45) is 0 Å². The second kappa shape index (κ2) is 5.15. The third-order valence-corrected chi connectivity index (χ3v) is 2.97. The van der Waals surface area contributed by atoms with Crippen LogP contribution in [0.2, 0.25) is 0 Å². The van der Waals surface area contributed by atoms with Crippen LogP contribution in [0, 0.1) is 11.8 Å². The van der Waals surface area contributed by atoms with E-state index in [0.717, 1.165) is 16.8 Å². The van der Waals surface area contributed by atoms with Gasteiger partial charge >= 0.3 is 4.87 Å². The quantitative estimate of drug-likeness (QED) is 0.636. The Balaban J connectivity index is 2.29. The fraction of sp³-hybridized carbons (Fsp3) is 0.0833. The van der Waals surface area contributed by atoms with Gasteiger partial charge in [0.15, 0.2) is 0 Å². The largest absolute Gasteiger partial charge is 0.312 e. The number of rotatable bonds is 1. The maximum absolute atomic E-state index is 11.0. The standard InChI is InChI=1S/C12H8BrNOS/c13-7-1-2-9-3-5-10(6-4-9)11-8-16-12(15)14-11/h3-6,8H,7H2,(H,14,15). The highest BCUT2D eigenvalue weighted by molar-refractivity contribution is 9.09. The monoisotopic (exact) mass is 293 g/mol. The Bertz CT molecular complexity index is 586. The predicted molar refractivity (Wildman–Crippen MR) is 71.0 cm³/mol. The van der Waals surface area contributed by atoms with Gasteiger partial charge in [0.2, 0.25) is 0 Å². The van der Waals surface area contributed by atoms with E-state index in [9.17, 15) is 4.79 Å². The minimum Gasteiger partial charge on any atom is -0.312 e. The van der Waals surface area contributed by atoms with E-state index >= 15 is 0 Å². The van der Waals surface area contributed by atoms with E-state index in [1.165, 1.54) is 11.3 Å². The molecule has 0 radical (unpaired) electrons. The Morgan fingerprint density at radius 3 is 2.62 bits per heavy atom. The van der Waals surface area contributed by atoms with Crippen LogP contribution in [0.5, 0.6) is 0 Å². The molecule has 1 aromatic carbocycles. The highest BCUT2D eigenvalue weighted by Crippen LogP contribution is 2.17. The molecule has 1 N–H and O–H groups in total. The molecule has 0 amide bonds. The molecule has 0 aliphatic carbocycles. The van der Waals surface area contributed by atoms with Crippen molar-refractivity contribution in [3.05, 3.63) is 44.9 Å². The Labute approximate surface area is 105 Å². The summed E-state index contributed by atoms with van der Waals surface area (Å²) in [5, 5.41) is 2.49. The number of H-pyrrole nitrogens is 1. The van der Waals surface area contributed by atoms with E-state index in [-0.39, 0.29) is 4.87 Å². The maximum atomic E-state index is 11.0. The molecule has 2 aromatic rings. The van der Waals surface area contributed by atoms with Gasteiger partial charge in [-0.25, -0.2) is 0 Å². The summed E-state index contributed by atoms with van der Waals surface area (Å²) >= 11 is 4.42. The van der Waals surface area contributed by atoms with Gasteiger partial charge in [0.25, 0.3) is 0 Å². The normalized spacial score (nSPS) is 9.56. The summed E-state index contributed by atoms with van der Waals surface area (Å²) in [6.45, 7) is 0. The Morgan fingerprint density at radius 1 is 1.31 bits per heavy atom. The Hall–Kier alpha value is -1.31. The average Bonchev–Trinajstić information content (AvgIpc) is 2.74. The average molecular weight is 294 g/mol. The molecule has 1 heterocycles. The summed E-state index contributed by atoms with van der Waals surface area (Å²) in [4.78, 5) is 13.8. The van der Waals surface area contributed by atoms with Crippen molar-refractivity contribution in [2.45, 2.75) is 0 Å². The second-order valence-electron chi connectivity index (χ2n) is 3.07. The summed E-state index contributed by atoms with van der Waals surface area (Å²) in [5.74, 6) is 5.95. The highest BCUT2D eigenvalue weighted by Gasteiger charge is 1.99. The highest BCUT2D eigenvalue weighted by atomic mass is 79.9. The zero-order chi connectivity index (χ0) is 11.4. The number of benzene rings is 1. The first-order valence-electron chi connectivity index (χ1n) is 4.62. The van der Waals surface area contributed by atoms with Gasteiger partial charge < -0.3 is 4.98 Å². The van der Waals surface area contributed by atoms with Gasteiger partial charge in [-0.1, -0.05) is 51.2 Å². The van der Waals surface area contributed by atoms with Crippen molar-refractivity contribution in [1.82, 2.24) is 4.98 Å². The van der Waals surface area contributed by atoms with Crippen molar-refractivity contribution < 1.29 is 0 Å². The summed E-state index contributed by atoms with van der Waals surface area (Å²) in [5.41, 5.74) is 2.83. The smallest absolute Gasteiger partial charge is 0.304 e. The van der Waals surface area contributed by atoms with Crippen molar-refractivity contribution in [2.75, 3.05) is 5.33 Å². The van der Waals surface area contributed by atoms with Crippen molar-refractivity contribution >= 4 is 27.3 Å². The fourth-order valence-electron chi connectivity index (χ4n) is 1.29. The molecule has 0 spiro atoms. The van der Waals surface area contributed by atoms with Crippen LogP contribution in [-0.4, -0.2) is 10.3 Å². The molecule has 0 aliphatic rings. The van der Waals surface area contributed by atoms with Crippen molar-refractivity contribution in [3.63, 3.8) is 0 Å². The van der Waals surface area contributed by atoms with Crippen LogP contribution < -0.4 is 4.87 Å². The van der Waals surface area contributed by atoms with Gasteiger partial charge in [0, 0.05) is 10.9 Å². The van der Waals surface area contributed by atoms with Crippen LogP contribution in [0.4, 0.5) is 0 Å². The van der Waals surface area contributed by atoms with Crippen molar-refractivity contribution in [1.29, 1.82) is 0 Å². The van der Waals surface area contributed by atoms with Gasteiger partial charge in [-0.3, -0.25) is 4.79 Å². The van der Waals surface area contributed by atoms with E-state index in [4.69, 9.17) is 0 Å². The van der Waals surface area contributed by atoms with Gasteiger partial charge in [0.1, 0.15) is 0 Å². The van der Waals surface area contributed by atoms with E-state index in [0.29, 0.717) is 5.33 Å². The molecular formula is C12H8BrNOS. The molecule has 80 valence electrons. The summed E-state index contributed by atoms with van der Waals surface area (Å²) < 4.78 is 0. The molecule has 0 unspecified atom stereocenters. The summed E-state index contributed by atoms with van der Waals surface area (Å²) in [7, 11) is 0. The number of hydrogen-bond donors (Lipinski definition) is 1. The second-order valence-corrected chi connectivity index (χ2v) is 4.48. The molecule has 1 aromatic heterocycles. The molecule has 0 saturated carbocycles. The van der Waals surface area contributed by atoms with Gasteiger partial charge in [-0.2, -0.15) is 0 Å². The van der Waals surface area contributed by atoms with E-state index in [1.807, 2.05) is 29.6 Å². The molecule has 0 atom stereocenters. The lowest BCUT2D eigenvalue weighted by molar-refractivity contribution is 1.34. The fourth-order valence-corrected chi connectivity index (χ4v) is 2.02. The van der Waals surface area contributed by atoms with E-state index in [1.54, 1.807) is 0 Å². The van der Waals surface area contributed by atoms with Crippen LogP contribution in [0.15, 0.2) is 34.4 Å². The summed E-state index contributed by atoms with van der Waals surface area (Å²) in [6.07, 6.45) is 0. The zero-order valence-electron chi connectivity index (χ0n) is 8.29. The van der Waals surface area contributed by atoms with Crippen LogP contribution >= 0.6 is 27.3 Å². The lowest BCUT2D eigenvalue weighted by Crippen LogP contribution is -1.92. The number of thiazole rings is 1. The number of alkyl halides is 1. The Kier molecular flexibility index (Phi) is 3.60. The topological polar surface area (TPSA) is 32.9 Å². The molecule has 0 aliphatic heterocycles. The molecular weight excluding hydrogens is 286 g/mol. The lowest BCUT2D eigenvalue weighted by atomic mass is 10.1. The third-order valence-electron chi connectivity index (χ3n) is 2.02. The molecule has 4 heteroatoms. The number of aromatic amines is 1. The molecule has 2 nitrogen and oxygen atoms in total. The van der Waals surface area contributed by atoms with Gasteiger partial charge in [0.05, 0.1) is 11.0 Å². The molecule has 16 heavy (non-hydrogen) atoms. The number of hydrogen-bond acceptors (Lipinski definition) is 2. The maximum Gasteiger partial charge on any atom is 0.304 e. The number of nitrogens with one attached hydrogen (secondary N) is 1.